The smallest absolute Gasteiger partial charge is 0.349 e. The zero-order valence-corrected chi connectivity index (χ0v) is 13.6. The van der Waals surface area contributed by atoms with Crippen LogP contribution in [0.3, 0.4) is 0 Å². The van der Waals surface area contributed by atoms with E-state index in [9.17, 15) is 9.59 Å². The molecule has 3 rings (SSSR count). The van der Waals surface area contributed by atoms with Crippen molar-refractivity contribution in [3.05, 3.63) is 16.6 Å². The zero-order valence-electron chi connectivity index (χ0n) is 12.8. The molecule has 0 saturated carbocycles. The van der Waals surface area contributed by atoms with Crippen LogP contribution in [0.15, 0.2) is 6.07 Å². The molecule has 0 unspecified atom stereocenters. The maximum absolute atomic E-state index is 12.2. The Kier molecular flexibility index (Phi) is 3.90. The third kappa shape index (κ3) is 2.72. The van der Waals surface area contributed by atoms with Gasteiger partial charge in [0.1, 0.15) is 9.71 Å². The first kappa shape index (κ1) is 15.0. The van der Waals surface area contributed by atoms with Crippen molar-refractivity contribution in [2.45, 2.75) is 39.8 Å². The number of aryl methyl sites for hydroxylation is 1. The molecule has 0 radical (unpaired) electrons. The van der Waals surface area contributed by atoms with E-state index in [1.54, 1.807) is 6.07 Å². The second-order valence-corrected chi connectivity index (χ2v) is 6.87. The van der Waals surface area contributed by atoms with Crippen molar-refractivity contribution in [3.8, 4) is 0 Å². The first-order chi connectivity index (χ1) is 10.5. The summed E-state index contributed by atoms with van der Waals surface area (Å²) < 4.78 is 12.0. The predicted octanol–water partition coefficient (Wildman–Crippen LogP) is 2.53. The Labute approximate surface area is 132 Å². The minimum absolute atomic E-state index is 0.311. The third-order valence-electron chi connectivity index (χ3n) is 3.48. The fourth-order valence-electron chi connectivity index (χ4n) is 2.45. The fraction of sp³-hybridized carbons (Fsp3) is 0.533. The average Bonchev–Trinajstić information content (AvgIpc) is 3.10. The number of rotatable bonds is 4. The summed E-state index contributed by atoms with van der Waals surface area (Å²) in [7, 11) is 0. The highest BCUT2D eigenvalue weighted by Crippen LogP contribution is 2.30. The largest absolute Gasteiger partial charge is 0.463 e. The molecule has 0 aromatic carbocycles. The maximum Gasteiger partial charge on any atom is 0.349 e. The molecule has 3 heterocycles. The van der Waals surface area contributed by atoms with Gasteiger partial charge in [0.05, 0.1) is 12.3 Å². The highest BCUT2D eigenvalue weighted by atomic mass is 32.1. The highest BCUT2D eigenvalue weighted by Gasteiger charge is 2.31. The molecular formula is C15H18N2O4S. The van der Waals surface area contributed by atoms with Crippen LogP contribution in [-0.4, -0.2) is 34.4 Å². The maximum atomic E-state index is 12.2. The lowest BCUT2D eigenvalue weighted by molar-refractivity contribution is -0.145. The van der Waals surface area contributed by atoms with E-state index in [1.807, 2.05) is 11.6 Å². The molecule has 1 aliphatic rings. The number of nitrogens with zero attached hydrogens (tertiary/aromatic N) is 2. The molecule has 0 bridgehead atoms. The van der Waals surface area contributed by atoms with Gasteiger partial charge in [0, 0.05) is 18.4 Å². The molecular weight excluding hydrogens is 304 g/mol. The van der Waals surface area contributed by atoms with E-state index in [0.717, 1.165) is 22.5 Å². The summed E-state index contributed by atoms with van der Waals surface area (Å²) in [4.78, 5) is 25.1. The lowest BCUT2D eigenvalue weighted by atomic mass is 10.2. The minimum Gasteiger partial charge on any atom is -0.463 e. The van der Waals surface area contributed by atoms with Gasteiger partial charge >= 0.3 is 11.9 Å². The standard InChI is InChI=1S/C15H18N2O4S/c1-8(2)7-17-13-10(9(3)16-17)6-12(22-13)15(19)21-11-4-5-20-14(11)18/h6,8,11H,4-5,7H2,1-3H3/t11-/m0/s1. The van der Waals surface area contributed by atoms with Gasteiger partial charge in [0.25, 0.3) is 0 Å². The molecule has 22 heavy (non-hydrogen) atoms. The predicted molar refractivity (Wildman–Crippen MR) is 82.0 cm³/mol. The van der Waals surface area contributed by atoms with E-state index < -0.39 is 18.0 Å². The molecule has 0 aliphatic carbocycles. The van der Waals surface area contributed by atoms with Crippen LogP contribution in [0.4, 0.5) is 0 Å². The number of thiophene rings is 1. The van der Waals surface area contributed by atoms with Gasteiger partial charge in [-0.15, -0.1) is 11.3 Å². The van der Waals surface area contributed by atoms with Crippen LogP contribution in [0.25, 0.3) is 10.2 Å². The molecule has 1 atom stereocenters. The summed E-state index contributed by atoms with van der Waals surface area (Å²) in [6.07, 6.45) is -0.346. The van der Waals surface area contributed by atoms with E-state index in [1.165, 1.54) is 11.3 Å². The number of ether oxygens (including phenoxy) is 2. The number of aromatic nitrogens is 2. The van der Waals surface area contributed by atoms with Crippen LogP contribution in [-0.2, 0) is 20.8 Å². The quantitative estimate of drug-likeness (QED) is 0.809. The van der Waals surface area contributed by atoms with Crippen LogP contribution in [0, 0.1) is 12.8 Å². The minimum atomic E-state index is -0.772. The molecule has 1 aliphatic heterocycles. The lowest BCUT2D eigenvalue weighted by Crippen LogP contribution is -2.22. The van der Waals surface area contributed by atoms with Crippen molar-refractivity contribution in [2.75, 3.05) is 6.61 Å². The van der Waals surface area contributed by atoms with E-state index in [0.29, 0.717) is 23.8 Å². The Morgan fingerprint density at radius 3 is 3.00 bits per heavy atom. The molecule has 6 nitrogen and oxygen atoms in total. The van der Waals surface area contributed by atoms with Crippen molar-refractivity contribution in [2.24, 2.45) is 5.92 Å². The Bertz CT molecular complexity index is 731. The number of hydrogen-bond donors (Lipinski definition) is 0. The van der Waals surface area contributed by atoms with Crippen molar-refractivity contribution in [1.82, 2.24) is 9.78 Å². The Balaban J connectivity index is 1.85. The van der Waals surface area contributed by atoms with E-state index in [2.05, 4.69) is 18.9 Å². The second kappa shape index (κ2) is 5.72. The number of esters is 2. The highest BCUT2D eigenvalue weighted by molar-refractivity contribution is 7.20. The van der Waals surface area contributed by atoms with Crippen LogP contribution < -0.4 is 0 Å². The monoisotopic (exact) mass is 322 g/mol. The summed E-state index contributed by atoms with van der Waals surface area (Å²) in [5.74, 6) is -0.467. The fourth-order valence-corrected chi connectivity index (χ4v) is 3.51. The first-order valence-electron chi connectivity index (χ1n) is 7.30. The molecule has 2 aromatic heterocycles. The van der Waals surface area contributed by atoms with Crippen molar-refractivity contribution in [1.29, 1.82) is 0 Å². The molecule has 0 spiro atoms. The Hall–Kier alpha value is -1.89. The van der Waals surface area contributed by atoms with Gasteiger partial charge in [-0.2, -0.15) is 5.10 Å². The van der Waals surface area contributed by atoms with Crippen molar-refractivity contribution >= 4 is 33.5 Å². The number of cyclic esters (lactones) is 1. The summed E-state index contributed by atoms with van der Waals surface area (Å²) >= 11 is 1.35. The average molecular weight is 322 g/mol. The number of hydrogen-bond acceptors (Lipinski definition) is 6. The molecule has 2 aromatic rings. The number of carbonyl (C=O) groups is 2. The molecule has 1 fully saturated rings. The Morgan fingerprint density at radius 1 is 1.59 bits per heavy atom. The van der Waals surface area contributed by atoms with E-state index in [4.69, 9.17) is 9.47 Å². The lowest BCUT2D eigenvalue weighted by Gasteiger charge is -2.07. The summed E-state index contributed by atoms with van der Waals surface area (Å²) in [5.41, 5.74) is 0.895. The third-order valence-corrected chi connectivity index (χ3v) is 4.61. The molecule has 0 N–H and O–H groups in total. The van der Waals surface area contributed by atoms with E-state index >= 15 is 0 Å². The van der Waals surface area contributed by atoms with Crippen molar-refractivity contribution < 1.29 is 19.1 Å². The first-order valence-corrected chi connectivity index (χ1v) is 8.12. The molecule has 0 amide bonds. The van der Waals surface area contributed by atoms with Crippen LogP contribution in [0.2, 0.25) is 0 Å². The summed E-state index contributed by atoms with van der Waals surface area (Å²) in [6, 6.07) is 1.79. The van der Waals surface area contributed by atoms with Gasteiger partial charge in [-0.1, -0.05) is 13.8 Å². The Morgan fingerprint density at radius 2 is 2.36 bits per heavy atom. The second-order valence-electron chi connectivity index (χ2n) is 5.84. The summed E-state index contributed by atoms with van der Waals surface area (Å²) in [5, 5.41) is 5.47. The zero-order chi connectivity index (χ0) is 15.9. The van der Waals surface area contributed by atoms with Gasteiger partial charge in [-0.05, 0) is 18.9 Å². The van der Waals surface area contributed by atoms with Gasteiger partial charge < -0.3 is 9.47 Å². The van der Waals surface area contributed by atoms with Crippen LogP contribution >= 0.6 is 11.3 Å². The van der Waals surface area contributed by atoms with E-state index in [-0.39, 0.29) is 0 Å². The van der Waals surface area contributed by atoms with Gasteiger partial charge in [-0.25, -0.2) is 9.59 Å². The van der Waals surface area contributed by atoms with Gasteiger partial charge in [0.2, 0.25) is 6.10 Å². The van der Waals surface area contributed by atoms with Gasteiger partial charge in [-0.3, -0.25) is 4.68 Å². The van der Waals surface area contributed by atoms with Crippen molar-refractivity contribution in [3.63, 3.8) is 0 Å². The molecule has 118 valence electrons. The molecule has 7 heteroatoms. The SMILES string of the molecule is Cc1nn(CC(C)C)c2sc(C(=O)O[C@H]3CCOC3=O)cc12. The topological polar surface area (TPSA) is 70.4 Å². The number of carbonyl (C=O) groups excluding carboxylic acids is 2. The molecule has 1 saturated heterocycles. The van der Waals surface area contributed by atoms with Crippen LogP contribution in [0.1, 0.15) is 35.6 Å². The van der Waals surface area contributed by atoms with Crippen LogP contribution in [0.5, 0.6) is 0 Å². The summed E-state index contributed by atoms with van der Waals surface area (Å²) in [6.45, 7) is 7.28. The van der Waals surface area contributed by atoms with Gasteiger partial charge in [0.15, 0.2) is 0 Å². The number of fused-ring (bicyclic) bond motifs is 1. The normalized spacial score (nSPS) is 18.2.